The average Bonchev–Trinajstić information content (AvgIpc) is 3.11. The van der Waals surface area contributed by atoms with Crippen LogP contribution < -0.4 is 10.3 Å². The number of nitrogens with one attached hydrogen (secondary N) is 1. The quantitative estimate of drug-likeness (QED) is 0.336. The summed E-state index contributed by atoms with van der Waals surface area (Å²) in [4.78, 5) is 26.7. The number of carbonyl (C=O) groups is 1. The minimum atomic E-state index is -3.66. The van der Waals surface area contributed by atoms with E-state index in [2.05, 4.69) is 20.7 Å². The van der Waals surface area contributed by atoms with Gasteiger partial charge < -0.3 is 4.57 Å². The number of rotatable bonds is 6. The highest BCUT2D eigenvalue weighted by molar-refractivity contribution is 9.10. The molecule has 0 saturated carbocycles. The minimum absolute atomic E-state index is 0.0958. The lowest BCUT2D eigenvalue weighted by atomic mass is 10.0. The van der Waals surface area contributed by atoms with Gasteiger partial charge in [0.25, 0.3) is 5.56 Å². The lowest BCUT2D eigenvalue weighted by Crippen LogP contribution is -2.28. The third-order valence-corrected chi connectivity index (χ3v) is 7.81. The average molecular weight is 523 g/mol. The molecule has 4 aromatic rings. The van der Waals surface area contributed by atoms with Crippen molar-refractivity contribution in [3.8, 4) is 11.3 Å². The van der Waals surface area contributed by atoms with E-state index in [-0.39, 0.29) is 29.3 Å². The van der Waals surface area contributed by atoms with E-state index >= 15 is 0 Å². The Hall–Kier alpha value is -3.07. The van der Waals surface area contributed by atoms with Gasteiger partial charge in [0.05, 0.1) is 16.2 Å². The minimum Gasteiger partial charge on any atom is -0.307 e. The Labute approximate surface area is 199 Å². The molecule has 0 bridgehead atoms. The molecule has 33 heavy (non-hydrogen) atoms. The van der Waals surface area contributed by atoms with Gasteiger partial charge in [-0.3, -0.25) is 9.59 Å². The number of halogens is 1. The second-order valence-electron chi connectivity index (χ2n) is 7.81. The summed E-state index contributed by atoms with van der Waals surface area (Å²) in [5.74, 6) is -0.0958. The number of nitrogens with zero attached hydrogens (tertiary/aromatic N) is 1. The Morgan fingerprint density at radius 1 is 0.818 bits per heavy atom. The van der Waals surface area contributed by atoms with Gasteiger partial charge in [-0.15, -0.1) is 0 Å². The lowest BCUT2D eigenvalue weighted by Gasteiger charge is -2.15. The van der Waals surface area contributed by atoms with Gasteiger partial charge in [-0.05, 0) is 36.8 Å². The number of hydrogen-bond acceptors (Lipinski definition) is 4. The van der Waals surface area contributed by atoms with Gasteiger partial charge >= 0.3 is 0 Å². The van der Waals surface area contributed by atoms with E-state index in [1.54, 1.807) is 41.0 Å². The van der Waals surface area contributed by atoms with Crippen LogP contribution in [0.15, 0.2) is 87.0 Å². The van der Waals surface area contributed by atoms with Crippen molar-refractivity contribution in [2.45, 2.75) is 17.9 Å². The van der Waals surface area contributed by atoms with Crippen LogP contribution >= 0.6 is 15.9 Å². The van der Waals surface area contributed by atoms with Gasteiger partial charge in [0.15, 0.2) is 5.78 Å². The summed E-state index contributed by atoms with van der Waals surface area (Å²) in [6.07, 6.45) is 0.386. The van der Waals surface area contributed by atoms with Crippen molar-refractivity contribution < 1.29 is 13.2 Å². The molecule has 3 aromatic carbocycles. The maximum atomic E-state index is 13.4. The molecule has 0 radical (unpaired) electrons. The van der Waals surface area contributed by atoms with Gasteiger partial charge in [-0.1, -0.05) is 58.4 Å². The highest BCUT2D eigenvalue weighted by Gasteiger charge is 2.32. The van der Waals surface area contributed by atoms with E-state index in [0.29, 0.717) is 34.0 Å². The molecule has 0 spiro atoms. The molecule has 6 nitrogen and oxygen atoms in total. The summed E-state index contributed by atoms with van der Waals surface area (Å²) in [7, 11) is -3.66. The SMILES string of the molecule is O=C1c2ccccc2-c2c1c1ccccc1c(=O)n2CCCNS(=O)(=O)c1ccc(Br)cc1. The van der Waals surface area contributed by atoms with Crippen LogP contribution in [0.2, 0.25) is 0 Å². The molecule has 1 aliphatic carbocycles. The normalized spacial score (nSPS) is 12.7. The van der Waals surface area contributed by atoms with Crippen molar-refractivity contribution in [3.05, 3.63) is 98.7 Å². The van der Waals surface area contributed by atoms with E-state index in [0.717, 1.165) is 10.0 Å². The molecule has 0 fully saturated rings. The van der Waals surface area contributed by atoms with E-state index in [1.165, 1.54) is 12.1 Å². The highest BCUT2D eigenvalue weighted by Crippen LogP contribution is 2.39. The molecule has 1 N–H and O–H groups in total. The van der Waals surface area contributed by atoms with Crippen LogP contribution in [-0.4, -0.2) is 25.3 Å². The number of benzene rings is 3. The highest BCUT2D eigenvalue weighted by atomic mass is 79.9. The summed E-state index contributed by atoms with van der Waals surface area (Å²) < 4.78 is 30.1. The molecular weight excluding hydrogens is 504 g/mol. The maximum Gasteiger partial charge on any atom is 0.258 e. The molecule has 1 aliphatic rings. The number of ketones is 1. The number of aromatic nitrogens is 1. The van der Waals surface area contributed by atoms with Crippen LogP contribution in [0.1, 0.15) is 22.3 Å². The zero-order chi connectivity index (χ0) is 23.2. The zero-order valence-corrected chi connectivity index (χ0v) is 19.8. The van der Waals surface area contributed by atoms with E-state index in [9.17, 15) is 18.0 Å². The van der Waals surface area contributed by atoms with E-state index < -0.39 is 10.0 Å². The fraction of sp³-hybridized carbons (Fsp3) is 0.120. The van der Waals surface area contributed by atoms with Gasteiger partial charge in [0, 0.05) is 39.5 Å². The number of pyridine rings is 1. The van der Waals surface area contributed by atoms with Crippen molar-refractivity contribution in [1.82, 2.24) is 9.29 Å². The van der Waals surface area contributed by atoms with Crippen LogP contribution in [0.5, 0.6) is 0 Å². The van der Waals surface area contributed by atoms with Crippen LogP contribution in [0, 0.1) is 0 Å². The van der Waals surface area contributed by atoms with E-state index in [1.807, 2.05) is 24.3 Å². The Kier molecular flexibility index (Phi) is 5.52. The van der Waals surface area contributed by atoms with Crippen molar-refractivity contribution >= 4 is 42.5 Å². The van der Waals surface area contributed by atoms with Gasteiger partial charge in [-0.25, -0.2) is 13.1 Å². The Morgan fingerprint density at radius 3 is 2.18 bits per heavy atom. The van der Waals surface area contributed by atoms with Crippen molar-refractivity contribution in [2.24, 2.45) is 0 Å². The zero-order valence-electron chi connectivity index (χ0n) is 17.4. The number of carbonyl (C=O) groups excluding carboxylic acids is 1. The first-order valence-electron chi connectivity index (χ1n) is 10.4. The summed E-state index contributed by atoms with van der Waals surface area (Å²) in [5, 5.41) is 1.12. The van der Waals surface area contributed by atoms with Gasteiger partial charge in [0.2, 0.25) is 10.0 Å². The van der Waals surface area contributed by atoms with Crippen LogP contribution in [-0.2, 0) is 16.6 Å². The predicted molar refractivity (Wildman–Crippen MR) is 131 cm³/mol. The molecule has 8 heteroatoms. The third kappa shape index (κ3) is 3.74. The summed E-state index contributed by atoms with van der Waals surface area (Å²) in [5.41, 5.74) is 2.25. The predicted octanol–water partition coefficient (Wildman–Crippen LogP) is 4.34. The first-order valence-corrected chi connectivity index (χ1v) is 12.7. The Balaban J connectivity index is 1.47. The molecule has 0 aliphatic heterocycles. The molecule has 0 saturated heterocycles. The summed E-state index contributed by atoms with van der Waals surface area (Å²) in [6, 6.07) is 20.8. The Bertz CT molecular complexity index is 1570. The van der Waals surface area contributed by atoms with Crippen molar-refractivity contribution in [2.75, 3.05) is 6.54 Å². The largest absolute Gasteiger partial charge is 0.307 e. The molecular formula is C25H19BrN2O4S. The second-order valence-corrected chi connectivity index (χ2v) is 10.5. The standard InChI is InChI=1S/C25H19BrN2O4S/c26-16-10-12-17(13-11-16)33(31,32)27-14-5-15-28-23-19-7-2-3-8-20(19)24(29)22(23)18-6-1-4-9-21(18)25(28)30/h1-4,6-13,27H,5,14-15H2. The summed E-state index contributed by atoms with van der Waals surface area (Å²) in [6.45, 7) is 0.429. The molecule has 0 amide bonds. The molecule has 0 atom stereocenters. The smallest absolute Gasteiger partial charge is 0.258 e. The van der Waals surface area contributed by atoms with Gasteiger partial charge in [0.1, 0.15) is 0 Å². The second kappa shape index (κ2) is 8.37. The van der Waals surface area contributed by atoms with E-state index in [4.69, 9.17) is 0 Å². The third-order valence-electron chi connectivity index (χ3n) is 5.81. The molecule has 1 aromatic heterocycles. The topological polar surface area (TPSA) is 85.2 Å². The van der Waals surface area contributed by atoms with Crippen LogP contribution in [0.3, 0.4) is 0 Å². The van der Waals surface area contributed by atoms with Gasteiger partial charge in [-0.2, -0.15) is 0 Å². The monoisotopic (exact) mass is 522 g/mol. The molecule has 0 unspecified atom stereocenters. The first kappa shape index (κ1) is 21.8. The molecule has 1 heterocycles. The van der Waals surface area contributed by atoms with Crippen molar-refractivity contribution in [1.29, 1.82) is 0 Å². The number of hydrogen-bond donors (Lipinski definition) is 1. The lowest BCUT2D eigenvalue weighted by molar-refractivity contribution is 0.104. The first-order chi connectivity index (χ1) is 15.9. The molecule has 166 valence electrons. The number of sulfonamides is 1. The maximum absolute atomic E-state index is 13.4. The van der Waals surface area contributed by atoms with Crippen molar-refractivity contribution in [3.63, 3.8) is 0 Å². The fourth-order valence-electron chi connectivity index (χ4n) is 4.28. The van der Waals surface area contributed by atoms with Crippen LogP contribution in [0.4, 0.5) is 0 Å². The van der Waals surface area contributed by atoms with Crippen LogP contribution in [0.25, 0.3) is 22.0 Å². The fourth-order valence-corrected chi connectivity index (χ4v) is 5.62. The number of fused-ring (bicyclic) bond motifs is 5. The summed E-state index contributed by atoms with van der Waals surface area (Å²) >= 11 is 3.29. The molecule has 5 rings (SSSR count). The Morgan fingerprint density at radius 2 is 1.45 bits per heavy atom.